The smallest absolute Gasteiger partial charge is 0.271 e. The van der Waals surface area contributed by atoms with E-state index in [4.69, 9.17) is 0 Å². The highest BCUT2D eigenvalue weighted by molar-refractivity contribution is 5.91. The zero-order valence-electron chi connectivity index (χ0n) is 13.4. The van der Waals surface area contributed by atoms with E-state index in [-0.39, 0.29) is 5.91 Å². The number of hydrogen-bond donors (Lipinski definition) is 2. The normalized spacial score (nSPS) is 11.0. The van der Waals surface area contributed by atoms with Crippen LogP contribution in [0.15, 0.2) is 12.4 Å². The maximum atomic E-state index is 11.8. The second kappa shape index (κ2) is 9.25. The number of rotatable bonds is 9. The molecule has 0 aliphatic carbocycles. The molecule has 0 radical (unpaired) electrons. The van der Waals surface area contributed by atoms with Gasteiger partial charge in [-0.15, -0.1) is 0 Å². The third-order valence-electron chi connectivity index (χ3n) is 2.82. The standard InChI is InChI=1S/C14H26N6O/c1-19(2)8-5-6-15-13-11-17-12(10-18-13)14(21)16-7-9-20(3)4/h10-11H,5-9H2,1-4H3,(H,15,18)(H,16,21). The predicted molar refractivity (Wildman–Crippen MR) is 84.6 cm³/mol. The van der Waals surface area contributed by atoms with Gasteiger partial charge in [-0.25, -0.2) is 9.97 Å². The fourth-order valence-corrected chi connectivity index (χ4v) is 1.63. The van der Waals surface area contributed by atoms with Crippen molar-refractivity contribution >= 4 is 11.7 Å². The van der Waals surface area contributed by atoms with Gasteiger partial charge in [0.15, 0.2) is 0 Å². The highest BCUT2D eigenvalue weighted by Crippen LogP contribution is 2.01. The predicted octanol–water partition coefficient (Wildman–Crippen LogP) is 0.132. The third kappa shape index (κ3) is 7.57. The second-order valence-corrected chi connectivity index (χ2v) is 5.43. The van der Waals surface area contributed by atoms with Crippen LogP contribution in [0.2, 0.25) is 0 Å². The Hall–Kier alpha value is -1.73. The van der Waals surface area contributed by atoms with Crippen LogP contribution in [0.4, 0.5) is 5.82 Å². The summed E-state index contributed by atoms with van der Waals surface area (Å²) in [6.45, 7) is 3.25. The second-order valence-electron chi connectivity index (χ2n) is 5.43. The van der Waals surface area contributed by atoms with Crippen LogP contribution < -0.4 is 10.6 Å². The van der Waals surface area contributed by atoms with Crippen LogP contribution in [-0.2, 0) is 0 Å². The first-order valence-corrected chi connectivity index (χ1v) is 7.12. The molecule has 0 aliphatic heterocycles. The molecule has 118 valence electrons. The van der Waals surface area contributed by atoms with E-state index in [9.17, 15) is 4.79 Å². The average molecular weight is 294 g/mol. The van der Waals surface area contributed by atoms with Gasteiger partial charge in [-0.05, 0) is 41.2 Å². The summed E-state index contributed by atoms with van der Waals surface area (Å²) in [5.74, 6) is 0.502. The quantitative estimate of drug-likeness (QED) is 0.631. The molecular weight excluding hydrogens is 268 g/mol. The van der Waals surface area contributed by atoms with Gasteiger partial charge in [-0.3, -0.25) is 4.79 Å². The van der Waals surface area contributed by atoms with Gasteiger partial charge >= 0.3 is 0 Å². The first-order valence-electron chi connectivity index (χ1n) is 7.12. The lowest BCUT2D eigenvalue weighted by Gasteiger charge is -2.11. The summed E-state index contributed by atoms with van der Waals surface area (Å²) in [4.78, 5) is 24.3. The lowest BCUT2D eigenvalue weighted by molar-refractivity contribution is 0.0945. The molecule has 1 aromatic heterocycles. The van der Waals surface area contributed by atoms with Crippen molar-refractivity contribution in [2.45, 2.75) is 6.42 Å². The number of aromatic nitrogens is 2. The fourth-order valence-electron chi connectivity index (χ4n) is 1.63. The molecule has 0 bridgehead atoms. The summed E-state index contributed by atoms with van der Waals surface area (Å²) in [6.07, 6.45) is 4.12. The molecule has 0 aromatic carbocycles. The Bertz CT molecular complexity index is 418. The summed E-state index contributed by atoms with van der Waals surface area (Å²) >= 11 is 0. The molecule has 1 aromatic rings. The number of amides is 1. The number of nitrogens with one attached hydrogen (secondary N) is 2. The van der Waals surface area contributed by atoms with Crippen LogP contribution in [0.1, 0.15) is 16.9 Å². The van der Waals surface area contributed by atoms with Gasteiger partial charge in [-0.1, -0.05) is 0 Å². The molecule has 0 unspecified atom stereocenters. The Morgan fingerprint density at radius 3 is 2.33 bits per heavy atom. The van der Waals surface area contributed by atoms with Crippen LogP contribution in [0.5, 0.6) is 0 Å². The van der Waals surface area contributed by atoms with Gasteiger partial charge in [0, 0.05) is 19.6 Å². The van der Waals surface area contributed by atoms with E-state index in [1.54, 1.807) is 6.20 Å². The number of carbonyl (C=O) groups is 1. The maximum absolute atomic E-state index is 11.8. The zero-order chi connectivity index (χ0) is 15.7. The van der Waals surface area contributed by atoms with Gasteiger partial charge in [-0.2, -0.15) is 0 Å². The van der Waals surface area contributed by atoms with Crippen molar-refractivity contribution < 1.29 is 4.79 Å². The zero-order valence-corrected chi connectivity index (χ0v) is 13.4. The highest BCUT2D eigenvalue weighted by atomic mass is 16.1. The summed E-state index contributed by atoms with van der Waals surface area (Å²) < 4.78 is 0. The van der Waals surface area contributed by atoms with Gasteiger partial charge in [0.25, 0.3) is 5.91 Å². The highest BCUT2D eigenvalue weighted by Gasteiger charge is 2.07. The van der Waals surface area contributed by atoms with E-state index in [0.717, 1.165) is 26.1 Å². The van der Waals surface area contributed by atoms with Crippen molar-refractivity contribution in [3.63, 3.8) is 0 Å². The lowest BCUT2D eigenvalue weighted by atomic mass is 10.4. The fraction of sp³-hybridized carbons (Fsp3) is 0.643. The lowest BCUT2D eigenvalue weighted by Crippen LogP contribution is -2.31. The molecule has 0 atom stereocenters. The topological polar surface area (TPSA) is 73.4 Å². The van der Waals surface area contributed by atoms with Crippen LogP contribution in [0, 0.1) is 0 Å². The summed E-state index contributed by atoms with van der Waals surface area (Å²) in [6, 6.07) is 0. The van der Waals surface area contributed by atoms with E-state index in [2.05, 4.69) is 25.5 Å². The molecule has 7 nitrogen and oxygen atoms in total. The Balaban J connectivity index is 2.34. The maximum Gasteiger partial charge on any atom is 0.271 e. The van der Waals surface area contributed by atoms with Crippen molar-refractivity contribution in [1.82, 2.24) is 25.1 Å². The number of hydrogen-bond acceptors (Lipinski definition) is 6. The van der Waals surface area contributed by atoms with Crippen molar-refractivity contribution in [1.29, 1.82) is 0 Å². The van der Waals surface area contributed by atoms with Crippen LogP contribution in [0.3, 0.4) is 0 Å². The van der Waals surface area contributed by atoms with E-state index in [0.29, 0.717) is 18.1 Å². The van der Waals surface area contributed by atoms with Crippen LogP contribution in [-0.4, -0.2) is 80.0 Å². The molecule has 21 heavy (non-hydrogen) atoms. The van der Waals surface area contributed by atoms with Crippen LogP contribution >= 0.6 is 0 Å². The van der Waals surface area contributed by atoms with E-state index in [1.165, 1.54) is 6.20 Å². The molecule has 7 heteroatoms. The van der Waals surface area contributed by atoms with Gasteiger partial charge in [0.2, 0.25) is 0 Å². The van der Waals surface area contributed by atoms with Crippen molar-refractivity contribution in [2.24, 2.45) is 0 Å². The number of nitrogens with zero attached hydrogens (tertiary/aromatic N) is 4. The Morgan fingerprint density at radius 1 is 1.05 bits per heavy atom. The summed E-state index contributed by atoms with van der Waals surface area (Å²) in [5.41, 5.74) is 0.340. The van der Waals surface area contributed by atoms with Crippen molar-refractivity contribution in [3.8, 4) is 0 Å². The van der Waals surface area contributed by atoms with Gasteiger partial charge < -0.3 is 20.4 Å². The largest absolute Gasteiger partial charge is 0.369 e. The number of anilines is 1. The minimum absolute atomic E-state index is 0.191. The van der Waals surface area contributed by atoms with Gasteiger partial charge in [0.1, 0.15) is 11.5 Å². The molecule has 2 N–H and O–H groups in total. The SMILES string of the molecule is CN(C)CCCNc1cnc(C(=O)NCCN(C)C)cn1. The molecule has 0 saturated carbocycles. The molecule has 0 fully saturated rings. The Kier molecular flexibility index (Phi) is 7.63. The van der Waals surface area contributed by atoms with Crippen LogP contribution in [0.25, 0.3) is 0 Å². The van der Waals surface area contributed by atoms with E-state index < -0.39 is 0 Å². The molecule has 0 aliphatic rings. The third-order valence-corrected chi connectivity index (χ3v) is 2.82. The monoisotopic (exact) mass is 294 g/mol. The number of carbonyl (C=O) groups excluding carboxylic acids is 1. The van der Waals surface area contributed by atoms with Crippen molar-refractivity contribution in [3.05, 3.63) is 18.1 Å². The molecule has 0 saturated heterocycles. The summed E-state index contributed by atoms with van der Waals surface area (Å²) in [5, 5.41) is 5.99. The minimum atomic E-state index is -0.191. The molecule has 1 rings (SSSR count). The summed E-state index contributed by atoms with van der Waals surface area (Å²) in [7, 11) is 8.01. The van der Waals surface area contributed by atoms with E-state index in [1.807, 2.05) is 33.1 Å². The van der Waals surface area contributed by atoms with E-state index >= 15 is 0 Å². The first-order chi connectivity index (χ1) is 9.99. The molecule has 1 heterocycles. The minimum Gasteiger partial charge on any atom is -0.369 e. The van der Waals surface area contributed by atoms with Crippen molar-refractivity contribution in [2.75, 3.05) is 59.7 Å². The van der Waals surface area contributed by atoms with Gasteiger partial charge in [0.05, 0.1) is 12.4 Å². The molecule has 0 spiro atoms. The molecular formula is C14H26N6O. The Labute approximate surface area is 126 Å². The molecule has 1 amide bonds. The number of likely N-dealkylation sites (N-methyl/N-ethyl adjacent to an activating group) is 1. The average Bonchev–Trinajstić information content (AvgIpc) is 2.43. The first kappa shape index (κ1) is 17.3. The Morgan fingerprint density at radius 2 is 1.76 bits per heavy atom.